The van der Waals surface area contributed by atoms with Crippen LogP contribution in [0.5, 0.6) is 0 Å². The summed E-state index contributed by atoms with van der Waals surface area (Å²) < 4.78 is 4.29. The van der Waals surface area contributed by atoms with E-state index in [0.29, 0.717) is 0 Å². The first-order chi connectivity index (χ1) is 8.86. The lowest BCUT2D eigenvalue weighted by Crippen LogP contribution is -2.04. The van der Waals surface area contributed by atoms with Crippen LogP contribution in [0.1, 0.15) is 21.5 Å². The van der Waals surface area contributed by atoms with E-state index in [9.17, 15) is 19.7 Å². The lowest BCUT2D eigenvalue weighted by atomic mass is 10.0. The summed E-state index contributed by atoms with van der Waals surface area (Å²) in [6.07, 6.45) is 0. The minimum Gasteiger partial charge on any atom is -0.478 e. The number of carbonyl (C=O) groups is 2. The lowest BCUT2D eigenvalue weighted by Gasteiger charge is -2.03. The number of nitrogens with zero attached hydrogens (tertiary/aromatic N) is 1. The maximum Gasteiger partial charge on any atom is 0.384 e. The van der Waals surface area contributed by atoms with Crippen LogP contribution in [0, 0.1) is 28.9 Å². The highest BCUT2D eigenvalue weighted by Gasteiger charge is 2.19. The highest BCUT2D eigenvalue weighted by atomic mass is 16.6. The molecule has 0 saturated heterocycles. The van der Waals surface area contributed by atoms with Gasteiger partial charge in [-0.1, -0.05) is 5.92 Å². The zero-order valence-corrected chi connectivity index (χ0v) is 10.1. The smallest absolute Gasteiger partial charge is 0.384 e. The Hall–Kier alpha value is -2.88. The average Bonchev–Trinajstić information content (AvgIpc) is 2.36. The van der Waals surface area contributed by atoms with Crippen LogP contribution in [0.4, 0.5) is 5.69 Å². The van der Waals surface area contributed by atoms with Crippen molar-refractivity contribution in [1.82, 2.24) is 0 Å². The maximum atomic E-state index is 11.0. The van der Waals surface area contributed by atoms with Gasteiger partial charge in [-0.15, -0.1) is 0 Å². The molecule has 0 heterocycles. The normalized spacial score (nSPS) is 9.16. The van der Waals surface area contributed by atoms with Gasteiger partial charge >= 0.3 is 11.9 Å². The van der Waals surface area contributed by atoms with Crippen LogP contribution in [0.3, 0.4) is 0 Å². The third kappa shape index (κ3) is 3.29. The molecule has 1 rings (SSSR count). The van der Waals surface area contributed by atoms with Crippen molar-refractivity contribution in [3.05, 3.63) is 38.9 Å². The van der Waals surface area contributed by atoms with E-state index in [2.05, 4.69) is 16.6 Å². The van der Waals surface area contributed by atoms with Gasteiger partial charge in [0, 0.05) is 23.1 Å². The third-order valence-electron chi connectivity index (χ3n) is 2.30. The Labute approximate surface area is 108 Å². The molecule has 0 amide bonds. The number of ether oxygens (including phenoxy) is 1. The van der Waals surface area contributed by atoms with Crippen LogP contribution in [0.2, 0.25) is 0 Å². The molecule has 98 valence electrons. The Morgan fingerprint density at radius 3 is 2.53 bits per heavy atom. The van der Waals surface area contributed by atoms with E-state index in [4.69, 9.17) is 5.11 Å². The van der Waals surface area contributed by atoms with Crippen LogP contribution in [0.25, 0.3) is 0 Å². The van der Waals surface area contributed by atoms with Gasteiger partial charge in [0.2, 0.25) is 0 Å². The van der Waals surface area contributed by atoms with Gasteiger partial charge in [0.05, 0.1) is 17.6 Å². The van der Waals surface area contributed by atoms with Crippen molar-refractivity contribution < 1.29 is 24.4 Å². The molecule has 0 atom stereocenters. The monoisotopic (exact) mass is 263 g/mol. The average molecular weight is 263 g/mol. The Kier molecular flexibility index (Phi) is 4.21. The number of nitro benzene ring substituents is 1. The summed E-state index contributed by atoms with van der Waals surface area (Å²) >= 11 is 0. The number of methoxy groups -OCH3 is 1. The molecule has 1 aromatic rings. The van der Waals surface area contributed by atoms with Crippen LogP contribution in [0.15, 0.2) is 12.1 Å². The highest BCUT2D eigenvalue weighted by Crippen LogP contribution is 2.23. The van der Waals surface area contributed by atoms with Gasteiger partial charge in [0.25, 0.3) is 5.69 Å². The minimum absolute atomic E-state index is 0.0288. The fraction of sp³-hybridized carbons (Fsp3) is 0.167. The van der Waals surface area contributed by atoms with Crippen molar-refractivity contribution in [2.24, 2.45) is 0 Å². The van der Waals surface area contributed by atoms with E-state index in [1.165, 1.54) is 13.0 Å². The van der Waals surface area contributed by atoms with Gasteiger partial charge in [-0.25, -0.2) is 9.59 Å². The number of carboxylic acid groups (broad SMARTS) is 1. The highest BCUT2D eigenvalue weighted by molar-refractivity contribution is 5.92. The molecule has 0 aliphatic heterocycles. The second-order valence-corrected chi connectivity index (χ2v) is 3.47. The standard InChI is InChI=1S/C12H9NO6/c1-7-9(12(15)16)5-8(3-4-11(14)19-2)6-10(7)13(17)18/h5-6H,1-2H3,(H,15,16). The maximum absolute atomic E-state index is 11.0. The fourth-order valence-electron chi connectivity index (χ4n) is 1.36. The first-order valence-electron chi connectivity index (χ1n) is 4.99. The summed E-state index contributed by atoms with van der Waals surface area (Å²) in [5.74, 6) is 2.27. The molecule has 0 aliphatic rings. The van der Waals surface area contributed by atoms with Crippen molar-refractivity contribution in [2.75, 3.05) is 7.11 Å². The van der Waals surface area contributed by atoms with Crippen LogP contribution in [-0.2, 0) is 9.53 Å². The third-order valence-corrected chi connectivity index (χ3v) is 2.30. The number of esters is 1. The Morgan fingerprint density at radius 2 is 2.05 bits per heavy atom. The van der Waals surface area contributed by atoms with Gasteiger partial charge in [-0.2, -0.15) is 0 Å². The zero-order valence-electron chi connectivity index (χ0n) is 10.1. The molecule has 1 N–H and O–H groups in total. The quantitative estimate of drug-likeness (QED) is 0.371. The van der Waals surface area contributed by atoms with E-state index in [0.717, 1.165) is 13.2 Å². The van der Waals surface area contributed by atoms with Gasteiger partial charge in [0.15, 0.2) is 0 Å². The number of hydrogen-bond acceptors (Lipinski definition) is 5. The van der Waals surface area contributed by atoms with Crippen LogP contribution < -0.4 is 0 Å². The van der Waals surface area contributed by atoms with Gasteiger partial charge in [-0.3, -0.25) is 10.1 Å². The molecule has 0 saturated carbocycles. The number of carboxylic acids is 1. The molecule has 0 radical (unpaired) electrons. The molecule has 0 unspecified atom stereocenters. The molecule has 19 heavy (non-hydrogen) atoms. The summed E-state index contributed by atoms with van der Waals surface area (Å²) in [5, 5.41) is 19.8. The number of benzene rings is 1. The predicted octanol–water partition coefficient (Wildman–Crippen LogP) is 1.13. The molecule has 0 aliphatic carbocycles. The predicted molar refractivity (Wildman–Crippen MR) is 63.7 cm³/mol. The molecular formula is C12H9NO6. The van der Waals surface area contributed by atoms with E-state index in [-0.39, 0.29) is 22.4 Å². The molecule has 0 bridgehead atoms. The zero-order chi connectivity index (χ0) is 14.6. The summed E-state index contributed by atoms with van der Waals surface area (Å²) in [7, 11) is 1.14. The summed E-state index contributed by atoms with van der Waals surface area (Å²) in [6, 6.07) is 2.28. The number of hydrogen-bond donors (Lipinski definition) is 1. The molecule has 0 fully saturated rings. The van der Waals surface area contributed by atoms with E-state index >= 15 is 0 Å². The summed E-state index contributed by atoms with van der Waals surface area (Å²) in [5.41, 5.74) is -0.515. The number of nitro groups is 1. The Balaban J connectivity index is 3.42. The summed E-state index contributed by atoms with van der Waals surface area (Å²) in [6.45, 7) is 1.33. The van der Waals surface area contributed by atoms with Crippen molar-refractivity contribution in [1.29, 1.82) is 0 Å². The molecular weight excluding hydrogens is 254 g/mol. The Bertz CT molecular complexity index is 588. The fourth-order valence-corrected chi connectivity index (χ4v) is 1.36. The first-order valence-corrected chi connectivity index (χ1v) is 4.99. The summed E-state index contributed by atoms with van der Waals surface area (Å²) in [4.78, 5) is 31.9. The van der Waals surface area contributed by atoms with Crippen molar-refractivity contribution >= 4 is 17.6 Å². The molecule has 7 heteroatoms. The van der Waals surface area contributed by atoms with Gasteiger partial charge in [0.1, 0.15) is 0 Å². The number of carbonyl (C=O) groups excluding carboxylic acids is 1. The SMILES string of the molecule is COC(=O)C#Cc1cc(C(=O)O)c(C)c([N+](=O)[O-])c1. The minimum atomic E-state index is -1.30. The second-order valence-electron chi connectivity index (χ2n) is 3.47. The van der Waals surface area contributed by atoms with Crippen molar-refractivity contribution in [3.8, 4) is 11.8 Å². The van der Waals surface area contributed by atoms with Crippen molar-refractivity contribution in [3.63, 3.8) is 0 Å². The second kappa shape index (κ2) is 5.64. The van der Waals surface area contributed by atoms with E-state index < -0.39 is 16.9 Å². The molecule has 1 aromatic carbocycles. The van der Waals surface area contributed by atoms with Crippen molar-refractivity contribution in [2.45, 2.75) is 6.92 Å². The largest absolute Gasteiger partial charge is 0.478 e. The molecule has 0 aromatic heterocycles. The number of rotatable bonds is 2. The van der Waals surface area contributed by atoms with Gasteiger partial charge in [-0.05, 0) is 13.0 Å². The van der Waals surface area contributed by atoms with Crippen LogP contribution >= 0.6 is 0 Å². The van der Waals surface area contributed by atoms with E-state index in [1.807, 2.05) is 0 Å². The van der Waals surface area contributed by atoms with E-state index in [1.54, 1.807) is 0 Å². The topological polar surface area (TPSA) is 107 Å². The molecule has 0 spiro atoms. The lowest BCUT2D eigenvalue weighted by molar-refractivity contribution is -0.385. The first kappa shape index (κ1) is 14.2. The number of aromatic carboxylic acids is 1. The Morgan fingerprint density at radius 1 is 1.42 bits per heavy atom. The van der Waals surface area contributed by atoms with Gasteiger partial charge < -0.3 is 9.84 Å². The molecule has 7 nitrogen and oxygen atoms in total. The van der Waals surface area contributed by atoms with Crippen LogP contribution in [-0.4, -0.2) is 29.1 Å².